The first-order chi connectivity index (χ1) is 18.5. The molecule has 1 aromatic heterocycles. The molecule has 2 aliphatic rings. The maximum Gasteiger partial charge on any atom is 0.228 e. The maximum atomic E-state index is 13.5. The van der Waals surface area contributed by atoms with Crippen LogP contribution in [-0.2, 0) is 35.5 Å². The number of aryl methyl sites for hydroxylation is 2. The second kappa shape index (κ2) is 12.0. The van der Waals surface area contributed by atoms with E-state index in [0.717, 1.165) is 29.0 Å². The number of methoxy groups -OCH3 is 2. The third kappa shape index (κ3) is 6.19. The zero-order valence-electron chi connectivity index (χ0n) is 22.0. The van der Waals surface area contributed by atoms with Gasteiger partial charge < -0.3 is 20.1 Å². The molecule has 1 saturated heterocycles. The van der Waals surface area contributed by atoms with Crippen molar-refractivity contribution in [2.75, 3.05) is 32.6 Å². The van der Waals surface area contributed by atoms with Gasteiger partial charge in [0.25, 0.3) is 0 Å². The average molecular weight is 534 g/mol. The van der Waals surface area contributed by atoms with Crippen molar-refractivity contribution in [2.24, 2.45) is 11.8 Å². The number of anilines is 1. The first kappa shape index (κ1) is 26.3. The van der Waals surface area contributed by atoms with Gasteiger partial charge in [-0.25, -0.2) is 0 Å². The average Bonchev–Trinajstić information content (AvgIpc) is 3.63. The molecule has 0 spiro atoms. The Morgan fingerprint density at radius 2 is 1.74 bits per heavy atom. The van der Waals surface area contributed by atoms with Crippen LogP contribution in [0.2, 0.25) is 0 Å². The number of thiophene rings is 1. The van der Waals surface area contributed by atoms with Crippen LogP contribution in [0.1, 0.15) is 34.4 Å². The smallest absolute Gasteiger partial charge is 0.228 e. The second-order valence-corrected chi connectivity index (χ2v) is 11.2. The minimum atomic E-state index is -0.297. The van der Waals surface area contributed by atoms with Crippen LogP contribution < -0.4 is 20.1 Å². The number of likely N-dealkylation sites (tertiary alicyclic amines) is 1. The van der Waals surface area contributed by atoms with Crippen LogP contribution >= 0.6 is 11.3 Å². The lowest BCUT2D eigenvalue weighted by Gasteiger charge is -2.36. The molecule has 0 unspecified atom stereocenters. The fourth-order valence-corrected chi connectivity index (χ4v) is 6.21. The molecule has 2 amide bonds. The molecule has 0 radical (unpaired) electrons. The van der Waals surface area contributed by atoms with Crippen molar-refractivity contribution in [1.29, 1.82) is 0 Å². The third-order valence-electron chi connectivity index (χ3n) is 7.50. The van der Waals surface area contributed by atoms with Crippen LogP contribution in [0.15, 0.2) is 53.9 Å². The summed E-state index contributed by atoms with van der Waals surface area (Å²) in [6.07, 6.45) is 3.87. The fourth-order valence-electron chi connectivity index (χ4n) is 5.56. The zero-order chi connectivity index (χ0) is 26.5. The molecule has 0 bridgehead atoms. The number of fused-ring (bicyclic) bond motifs is 1. The standard InChI is InChI=1S/C30H35N3O4S/c1-36-27-11-8-20(13-28(27)37-2)17-33-18-23(29(34)31-16-26-7-4-12-38-26)14-24(19-33)30(35)32-25-10-9-21-5-3-6-22(21)15-25/h4,7-13,15,23-24H,3,5-6,14,16-19H2,1-2H3,(H,31,34)(H,32,35)/t23-,24+/m0/s1. The summed E-state index contributed by atoms with van der Waals surface area (Å²) in [5.41, 5.74) is 4.59. The Morgan fingerprint density at radius 3 is 2.50 bits per heavy atom. The van der Waals surface area contributed by atoms with Crippen LogP contribution in [0, 0.1) is 11.8 Å². The van der Waals surface area contributed by atoms with Gasteiger partial charge in [0.15, 0.2) is 11.5 Å². The number of ether oxygens (including phenoxy) is 2. The van der Waals surface area contributed by atoms with Gasteiger partial charge >= 0.3 is 0 Å². The van der Waals surface area contributed by atoms with E-state index in [9.17, 15) is 9.59 Å². The van der Waals surface area contributed by atoms with Gasteiger partial charge in [-0.3, -0.25) is 14.5 Å². The molecule has 7 nitrogen and oxygen atoms in total. The molecule has 200 valence electrons. The van der Waals surface area contributed by atoms with Crippen molar-refractivity contribution in [3.8, 4) is 11.5 Å². The highest BCUT2D eigenvalue weighted by atomic mass is 32.1. The highest BCUT2D eigenvalue weighted by Crippen LogP contribution is 2.31. The molecule has 8 heteroatoms. The highest BCUT2D eigenvalue weighted by molar-refractivity contribution is 7.09. The summed E-state index contributed by atoms with van der Waals surface area (Å²) in [6.45, 7) is 2.29. The zero-order valence-corrected chi connectivity index (χ0v) is 22.8. The number of benzene rings is 2. The highest BCUT2D eigenvalue weighted by Gasteiger charge is 2.35. The third-order valence-corrected chi connectivity index (χ3v) is 8.38. The van der Waals surface area contributed by atoms with Gasteiger partial charge in [0.1, 0.15) is 0 Å². The van der Waals surface area contributed by atoms with Crippen LogP contribution in [-0.4, -0.2) is 44.0 Å². The predicted molar refractivity (Wildman–Crippen MR) is 150 cm³/mol. The van der Waals surface area contributed by atoms with E-state index in [2.05, 4.69) is 27.7 Å². The number of hydrogen-bond donors (Lipinski definition) is 2. The minimum Gasteiger partial charge on any atom is -0.493 e. The molecule has 2 N–H and O–H groups in total. The molecular formula is C30H35N3O4S. The Morgan fingerprint density at radius 1 is 0.947 bits per heavy atom. The first-order valence-electron chi connectivity index (χ1n) is 13.2. The summed E-state index contributed by atoms with van der Waals surface area (Å²) in [5, 5.41) is 8.23. The van der Waals surface area contributed by atoms with Crippen LogP contribution in [0.25, 0.3) is 0 Å². The Hall–Kier alpha value is -3.36. The molecule has 1 aliphatic carbocycles. The number of carbonyl (C=O) groups is 2. The van der Waals surface area contributed by atoms with Crippen molar-refractivity contribution in [3.63, 3.8) is 0 Å². The summed E-state index contributed by atoms with van der Waals surface area (Å²) in [6, 6.07) is 16.1. The SMILES string of the molecule is COc1ccc(CN2C[C@@H](C(=O)NCc3cccs3)C[C@@H](C(=O)Nc3ccc4c(c3)CCC4)C2)cc1OC. The Balaban J connectivity index is 1.30. The number of nitrogens with one attached hydrogen (secondary N) is 2. The van der Waals surface area contributed by atoms with E-state index in [-0.39, 0.29) is 23.7 Å². The van der Waals surface area contributed by atoms with Gasteiger partial charge in [-0.15, -0.1) is 11.3 Å². The molecular weight excluding hydrogens is 498 g/mol. The van der Waals surface area contributed by atoms with Crippen molar-refractivity contribution < 1.29 is 19.1 Å². The summed E-state index contributed by atoms with van der Waals surface area (Å²) < 4.78 is 10.9. The van der Waals surface area contributed by atoms with Crippen molar-refractivity contribution in [1.82, 2.24) is 10.2 Å². The summed E-state index contributed by atoms with van der Waals surface area (Å²) in [7, 11) is 3.24. The quantitative estimate of drug-likeness (QED) is 0.419. The molecule has 2 heterocycles. The van der Waals surface area contributed by atoms with Crippen molar-refractivity contribution in [2.45, 2.75) is 38.8 Å². The van der Waals surface area contributed by atoms with E-state index in [0.29, 0.717) is 44.1 Å². The van der Waals surface area contributed by atoms with E-state index in [1.807, 2.05) is 41.8 Å². The number of amides is 2. The number of piperidine rings is 1. The molecule has 5 rings (SSSR count). The molecule has 2 atom stereocenters. The molecule has 38 heavy (non-hydrogen) atoms. The van der Waals surface area contributed by atoms with Crippen molar-refractivity contribution in [3.05, 3.63) is 75.5 Å². The summed E-state index contributed by atoms with van der Waals surface area (Å²) >= 11 is 1.62. The van der Waals surface area contributed by atoms with Crippen LogP contribution in [0.4, 0.5) is 5.69 Å². The number of nitrogens with zero attached hydrogens (tertiary/aromatic N) is 1. The van der Waals surface area contributed by atoms with Gasteiger partial charge in [-0.2, -0.15) is 0 Å². The van der Waals surface area contributed by atoms with E-state index in [1.54, 1.807) is 25.6 Å². The largest absolute Gasteiger partial charge is 0.493 e. The molecule has 2 aromatic carbocycles. The summed E-state index contributed by atoms with van der Waals surface area (Å²) in [4.78, 5) is 30.0. The lowest BCUT2D eigenvalue weighted by molar-refractivity contribution is -0.130. The topological polar surface area (TPSA) is 79.9 Å². The van der Waals surface area contributed by atoms with Gasteiger partial charge in [0.2, 0.25) is 11.8 Å². The van der Waals surface area contributed by atoms with E-state index in [4.69, 9.17) is 9.47 Å². The molecule has 1 aliphatic heterocycles. The van der Waals surface area contributed by atoms with Gasteiger partial charge in [0.05, 0.1) is 32.6 Å². The maximum absolute atomic E-state index is 13.5. The predicted octanol–water partition coefficient (Wildman–Crippen LogP) is 4.65. The first-order valence-corrected chi connectivity index (χ1v) is 14.1. The molecule has 0 saturated carbocycles. The van der Waals surface area contributed by atoms with E-state index < -0.39 is 0 Å². The van der Waals surface area contributed by atoms with E-state index >= 15 is 0 Å². The molecule has 3 aromatic rings. The Kier molecular flexibility index (Phi) is 8.29. The Labute approximate surface area is 228 Å². The number of carbonyl (C=O) groups excluding carboxylic acids is 2. The van der Waals surface area contributed by atoms with E-state index in [1.165, 1.54) is 17.5 Å². The lowest BCUT2D eigenvalue weighted by atomic mass is 9.87. The molecule has 1 fully saturated rings. The minimum absolute atomic E-state index is 0.00857. The van der Waals surface area contributed by atoms with Gasteiger partial charge in [-0.05, 0) is 78.1 Å². The van der Waals surface area contributed by atoms with Crippen LogP contribution in [0.3, 0.4) is 0 Å². The van der Waals surface area contributed by atoms with Gasteiger partial charge in [0, 0.05) is 30.2 Å². The lowest BCUT2D eigenvalue weighted by Crippen LogP contribution is -2.48. The number of rotatable bonds is 9. The fraction of sp³-hybridized carbons (Fsp3) is 0.400. The Bertz CT molecular complexity index is 1280. The van der Waals surface area contributed by atoms with Crippen molar-refractivity contribution >= 4 is 28.8 Å². The summed E-state index contributed by atoms with van der Waals surface area (Å²) in [5.74, 6) is 0.724. The second-order valence-electron chi connectivity index (χ2n) is 10.1. The number of hydrogen-bond acceptors (Lipinski definition) is 6. The monoisotopic (exact) mass is 533 g/mol. The normalized spacial score (nSPS) is 19.0. The van der Waals surface area contributed by atoms with Crippen LogP contribution in [0.5, 0.6) is 11.5 Å². The van der Waals surface area contributed by atoms with Gasteiger partial charge in [-0.1, -0.05) is 18.2 Å².